The van der Waals surface area contributed by atoms with E-state index in [1.54, 1.807) is 78.9 Å². The third-order valence-corrected chi connectivity index (χ3v) is 5.32. The molecular weight excluding hydrogens is 380 g/mol. The molecule has 150 valence electrons. The Balaban J connectivity index is 1.60. The normalized spacial score (nSPS) is 21.2. The lowest BCUT2D eigenvalue weighted by Crippen LogP contribution is -2.47. The highest BCUT2D eigenvalue weighted by atomic mass is 16.5. The minimum Gasteiger partial charge on any atom is -0.490 e. The molecule has 3 amide bonds. The van der Waals surface area contributed by atoms with Crippen molar-refractivity contribution in [1.29, 1.82) is 0 Å². The number of anilines is 2. The Morgan fingerprint density at radius 2 is 1.37 bits per heavy atom. The Morgan fingerprint density at radius 3 is 1.93 bits per heavy atom. The molecule has 6 nitrogen and oxygen atoms in total. The van der Waals surface area contributed by atoms with Gasteiger partial charge in [0, 0.05) is 11.3 Å². The summed E-state index contributed by atoms with van der Waals surface area (Å²) in [6, 6.07) is 23.4. The number of para-hydroxylation sites is 2. The molecule has 1 saturated carbocycles. The van der Waals surface area contributed by atoms with Crippen molar-refractivity contribution in [1.82, 2.24) is 0 Å². The number of amides is 3. The van der Waals surface area contributed by atoms with E-state index in [1.807, 2.05) is 6.07 Å². The van der Waals surface area contributed by atoms with Crippen LogP contribution >= 0.6 is 0 Å². The molecule has 1 aliphatic heterocycles. The lowest BCUT2D eigenvalue weighted by atomic mass is 10.00. The fraction of sp³-hybridized carbons (Fsp3) is 0.167. The number of rotatable bonds is 5. The molecule has 1 N–H and O–H groups in total. The van der Waals surface area contributed by atoms with Crippen molar-refractivity contribution in [2.75, 3.05) is 9.80 Å². The monoisotopic (exact) mass is 400 g/mol. The quantitative estimate of drug-likeness (QED) is 0.656. The van der Waals surface area contributed by atoms with Crippen LogP contribution in [0.15, 0.2) is 84.9 Å². The van der Waals surface area contributed by atoms with Gasteiger partial charge in [0.2, 0.25) is 0 Å². The molecule has 6 heteroatoms. The molecule has 3 aromatic rings. The van der Waals surface area contributed by atoms with Crippen molar-refractivity contribution in [2.24, 2.45) is 0 Å². The van der Waals surface area contributed by atoms with E-state index in [1.165, 1.54) is 0 Å². The van der Waals surface area contributed by atoms with Crippen LogP contribution in [0.25, 0.3) is 0 Å². The Bertz CT molecular complexity index is 1080. The largest absolute Gasteiger partial charge is 0.490 e. The minimum absolute atomic E-state index is 0.239. The first-order chi connectivity index (χ1) is 14.6. The summed E-state index contributed by atoms with van der Waals surface area (Å²) >= 11 is 0. The van der Waals surface area contributed by atoms with Crippen LogP contribution in [0.2, 0.25) is 0 Å². The molecule has 1 atom stereocenters. The van der Waals surface area contributed by atoms with E-state index in [0.29, 0.717) is 22.7 Å². The van der Waals surface area contributed by atoms with Crippen LogP contribution in [-0.4, -0.2) is 23.1 Å². The first-order valence-electron chi connectivity index (χ1n) is 9.87. The van der Waals surface area contributed by atoms with Crippen molar-refractivity contribution in [3.63, 3.8) is 0 Å². The Kier molecular flexibility index (Phi) is 4.29. The number of carbonyl (C=O) groups excluding carboxylic acids is 2. The number of carbonyl (C=O) groups is 2. The molecule has 0 aromatic heterocycles. The summed E-state index contributed by atoms with van der Waals surface area (Å²) in [5.41, 5.74) is -1.05. The van der Waals surface area contributed by atoms with E-state index in [4.69, 9.17) is 4.74 Å². The summed E-state index contributed by atoms with van der Waals surface area (Å²) < 4.78 is 5.77. The highest BCUT2D eigenvalue weighted by molar-refractivity contribution is 6.29. The lowest BCUT2D eigenvalue weighted by Gasteiger charge is -2.30. The first kappa shape index (κ1) is 18.4. The van der Waals surface area contributed by atoms with Gasteiger partial charge >= 0.3 is 6.03 Å². The molecular formula is C24H20N2O4. The smallest absolute Gasteiger partial charge is 0.339 e. The van der Waals surface area contributed by atoms with Gasteiger partial charge in [-0.15, -0.1) is 0 Å². The summed E-state index contributed by atoms with van der Waals surface area (Å²) in [6.45, 7) is 0. The summed E-state index contributed by atoms with van der Waals surface area (Å²) in [7, 11) is 0. The number of hydrogen-bond donors (Lipinski definition) is 1. The van der Waals surface area contributed by atoms with Crippen LogP contribution in [0.3, 0.4) is 0 Å². The van der Waals surface area contributed by atoms with Gasteiger partial charge in [0.15, 0.2) is 0 Å². The number of nitrogens with zero attached hydrogens (tertiary/aromatic N) is 2. The van der Waals surface area contributed by atoms with Gasteiger partial charge < -0.3 is 9.84 Å². The molecule has 0 spiro atoms. The fourth-order valence-corrected chi connectivity index (χ4v) is 3.65. The second-order valence-corrected chi connectivity index (χ2v) is 7.44. The third-order valence-electron chi connectivity index (χ3n) is 5.32. The van der Waals surface area contributed by atoms with Crippen LogP contribution < -0.4 is 14.5 Å². The van der Waals surface area contributed by atoms with E-state index in [-0.39, 0.29) is 6.10 Å². The van der Waals surface area contributed by atoms with Gasteiger partial charge in [0.1, 0.15) is 5.75 Å². The van der Waals surface area contributed by atoms with E-state index in [2.05, 4.69) is 0 Å². The van der Waals surface area contributed by atoms with Crippen molar-refractivity contribution < 1.29 is 19.4 Å². The molecule has 0 bridgehead atoms. The predicted octanol–water partition coefficient (Wildman–Crippen LogP) is 4.05. The summed E-state index contributed by atoms with van der Waals surface area (Å²) in [5.74, 6) is -0.0498. The van der Waals surface area contributed by atoms with Crippen molar-refractivity contribution >= 4 is 23.3 Å². The Hall–Kier alpha value is -3.64. The average molecular weight is 400 g/mol. The van der Waals surface area contributed by atoms with E-state index >= 15 is 0 Å². The van der Waals surface area contributed by atoms with Crippen LogP contribution in [0.5, 0.6) is 5.75 Å². The van der Waals surface area contributed by atoms with Gasteiger partial charge in [-0.25, -0.2) is 9.69 Å². The Labute approximate surface area is 173 Å². The maximum absolute atomic E-state index is 13.5. The third kappa shape index (κ3) is 2.93. The minimum atomic E-state index is -2.17. The highest BCUT2D eigenvalue weighted by Gasteiger charge is 2.59. The zero-order valence-corrected chi connectivity index (χ0v) is 16.1. The fourth-order valence-electron chi connectivity index (χ4n) is 3.65. The van der Waals surface area contributed by atoms with Crippen LogP contribution in [-0.2, 0) is 10.5 Å². The van der Waals surface area contributed by atoms with Gasteiger partial charge in [0.05, 0.1) is 11.8 Å². The summed E-state index contributed by atoms with van der Waals surface area (Å²) in [5, 5.41) is 11.7. The van der Waals surface area contributed by atoms with Crippen LogP contribution in [0, 0.1) is 0 Å². The molecule has 1 heterocycles. The second kappa shape index (κ2) is 7.00. The van der Waals surface area contributed by atoms with Gasteiger partial charge in [-0.2, -0.15) is 0 Å². The number of aliphatic hydroxyl groups is 1. The molecule has 30 heavy (non-hydrogen) atoms. The average Bonchev–Trinajstić information content (AvgIpc) is 3.56. The van der Waals surface area contributed by atoms with Crippen molar-refractivity contribution in [3.8, 4) is 5.75 Å². The molecule has 1 aliphatic carbocycles. The molecule has 1 saturated heterocycles. The molecule has 0 radical (unpaired) electrons. The van der Waals surface area contributed by atoms with Crippen molar-refractivity contribution in [3.05, 3.63) is 90.5 Å². The number of urea groups is 1. The SMILES string of the molecule is O=C1N(c2ccccc2)C(=O)C(O)(c2ccc(OC3CC3)cc2)N1c1ccccc1. The van der Waals surface area contributed by atoms with Crippen LogP contribution in [0.1, 0.15) is 18.4 Å². The molecule has 5 rings (SSSR count). The van der Waals surface area contributed by atoms with Gasteiger partial charge in [-0.05, 0) is 61.4 Å². The van der Waals surface area contributed by atoms with Gasteiger partial charge in [-0.3, -0.25) is 9.69 Å². The first-order valence-corrected chi connectivity index (χ1v) is 9.87. The highest BCUT2D eigenvalue weighted by Crippen LogP contribution is 2.41. The van der Waals surface area contributed by atoms with Gasteiger partial charge in [-0.1, -0.05) is 36.4 Å². The number of ether oxygens (including phenoxy) is 1. The summed E-state index contributed by atoms with van der Waals surface area (Å²) in [4.78, 5) is 29.0. The maximum Gasteiger partial charge on any atom is 0.339 e. The number of imide groups is 1. The zero-order valence-electron chi connectivity index (χ0n) is 16.1. The second-order valence-electron chi connectivity index (χ2n) is 7.44. The van der Waals surface area contributed by atoms with E-state index < -0.39 is 17.7 Å². The zero-order chi connectivity index (χ0) is 20.7. The van der Waals surface area contributed by atoms with Gasteiger partial charge in [0.25, 0.3) is 11.6 Å². The number of benzene rings is 3. The Morgan fingerprint density at radius 1 is 0.800 bits per heavy atom. The van der Waals surface area contributed by atoms with Crippen LogP contribution in [0.4, 0.5) is 16.2 Å². The molecule has 2 aliphatic rings. The predicted molar refractivity (Wildman–Crippen MR) is 112 cm³/mol. The molecule has 1 unspecified atom stereocenters. The maximum atomic E-state index is 13.5. The van der Waals surface area contributed by atoms with E-state index in [9.17, 15) is 14.7 Å². The standard InChI is InChI=1S/C24H20N2O4/c27-22-24(29,17-11-13-20(14-12-17)30-21-15-16-21)26(19-9-5-2-6-10-19)23(28)25(22)18-7-3-1-4-8-18/h1-14,21,29H,15-16H2. The number of hydrogen-bond acceptors (Lipinski definition) is 4. The molecule has 3 aromatic carbocycles. The molecule has 2 fully saturated rings. The lowest BCUT2D eigenvalue weighted by molar-refractivity contribution is -0.133. The summed E-state index contributed by atoms with van der Waals surface area (Å²) in [6.07, 6.45) is 2.31. The van der Waals surface area contributed by atoms with Crippen molar-refractivity contribution in [2.45, 2.75) is 24.7 Å². The van der Waals surface area contributed by atoms with E-state index in [0.717, 1.165) is 22.6 Å². The topological polar surface area (TPSA) is 70.1 Å².